The molecular weight excluding hydrogens is 272 g/mol. The van der Waals surface area contributed by atoms with E-state index in [1.807, 2.05) is 24.3 Å². The Morgan fingerprint density at radius 2 is 2.31 bits per heavy atom. The van der Waals surface area contributed by atoms with Gasteiger partial charge in [-0.3, -0.25) is 4.79 Å². The van der Waals surface area contributed by atoms with Crippen LogP contribution in [-0.4, -0.2) is 20.6 Å². The van der Waals surface area contributed by atoms with Crippen molar-refractivity contribution >= 4 is 21.9 Å². The molecule has 0 radical (unpaired) electrons. The van der Waals surface area contributed by atoms with Crippen LogP contribution in [0.4, 0.5) is 0 Å². The number of benzene rings is 1. The average Bonchev–Trinajstić information content (AvgIpc) is 2.65. The number of halogens is 1. The first-order valence-corrected chi connectivity index (χ1v) is 5.45. The lowest BCUT2D eigenvalue weighted by atomic mass is 10.3. The van der Waals surface area contributed by atoms with Crippen LogP contribution >= 0.6 is 15.9 Å². The van der Waals surface area contributed by atoms with E-state index in [9.17, 15) is 4.79 Å². The Labute approximate surface area is 101 Å². The van der Waals surface area contributed by atoms with Crippen molar-refractivity contribution in [3.63, 3.8) is 0 Å². The van der Waals surface area contributed by atoms with Crippen LogP contribution in [0.1, 0.15) is 5.69 Å². The molecule has 82 valence electrons. The lowest BCUT2D eigenvalue weighted by molar-refractivity contribution is -0.136. The Morgan fingerprint density at radius 1 is 1.50 bits per heavy atom. The largest absolute Gasteiger partial charge is 0.481 e. The minimum atomic E-state index is -0.875. The normalized spacial score (nSPS) is 10.3. The van der Waals surface area contributed by atoms with E-state index in [0.29, 0.717) is 5.69 Å². The van der Waals surface area contributed by atoms with Gasteiger partial charge < -0.3 is 9.67 Å². The summed E-state index contributed by atoms with van der Waals surface area (Å²) in [5.74, 6) is -0.875. The van der Waals surface area contributed by atoms with E-state index in [2.05, 4.69) is 20.9 Å². The van der Waals surface area contributed by atoms with Gasteiger partial charge in [0, 0.05) is 16.4 Å². The number of rotatable bonds is 3. The monoisotopic (exact) mass is 280 g/mol. The molecule has 4 nitrogen and oxygen atoms in total. The van der Waals surface area contributed by atoms with E-state index in [1.54, 1.807) is 17.1 Å². The van der Waals surface area contributed by atoms with E-state index < -0.39 is 5.97 Å². The minimum absolute atomic E-state index is 0.0546. The summed E-state index contributed by atoms with van der Waals surface area (Å²) in [5, 5.41) is 8.63. The van der Waals surface area contributed by atoms with Gasteiger partial charge in [-0.2, -0.15) is 0 Å². The maximum Gasteiger partial charge on any atom is 0.309 e. The second kappa shape index (κ2) is 4.49. The molecule has 2 aromatic rings. The van der Waals surface area contributed by atoms with Crippen molar-refractivity contribution in [1.29, 1.82) is 0 Å². The highest BCUT2D eigenvalue weighted by Crippen LogP contribution is 2.15. The number of hydrogen-bond donors (Lipinski definition) is 1. The fourth-order valence-corrected chi connectivity index (χ4v) is 1.77. The van der Waals surface area contributed by atoms with Crippen molar-refractivity contribution in [2.75, 3.05) is 0 Å². The molecule has 0 atom stereocenters. The molecule has 5 heteroatoms. The zero-order valence-electron chi connectivity index (χ0n) is 8.30. The fourth-order valence-electron chi connectivity index (χ4n) is 1.39. The number of imidazole rings is 1. The molecular formula is C11H9BrN2O2. The van der Waals surface area contributed by atoms with Crippen LogP contribution in [0, 0.1) is 0 Å². The summed E-state index contributed by atoms with van der Waals surface area (Å²) in [6.45, 7) is 0. The van der Waals surface area contributed by atoms with E-state index in [-0.39, 0.29) is 6.42 Å². The van der Waals surface area contributed by atoms with Gasteiger partial charge in [0.05, 0.1) is 18.4 Å². The summed E-state index contributed by atoms with van der Waals surface area (Å²) in [5.41, 5.74) is 1.49. The molecule has 0 amide bonds. The third kappa shape index (κ3) is 2.49. The summed E-state index contributed by atoms with van der Waals surface area (Å²) < 4.78 is 2.77. The molecule has 16 heavy (non-hydrogen) atoms. The van der Waals surface area contributed by atoms with Gasteiger partial charge in [-0.05, 0) is 18.2 Å². The van der Waals surface area contributed by atoms with Crippen LogP contribution in [0.25, 0.3) is 5.69 Å². The van der Waals surface area contributed by atoms with Gasteiger partial charge in [0.1, 0.15) is 0 Å². The van der Waals surface area contributed by atoms with Crippen molar-refractivity contribution < 1.29 is 9.90 Å². The lowest BCUT2D eigenvalue weighted by Gasteiger charge is -2.01. The van der Waals surface area contributed by atoms with Crippen molar-refractivity contribution in [3.05, 3.63) is 47.0 Å². The number of carboxylic acids is 1. The third-order valence-corrected chi connectivity index (χ3v) is 2.57. The molecule has 1 heterocycles. The van der Waals surface area contributed by atoms with E-state index in [1.165, 1.54) is 0 Å². The maximum absolute atomic E-state index is 10.5. The molecule has 0 saturated heterocycles. The fraction of sp³-hybridized carbons (Fsp3) is 0.0909. The van der Waals surface area contributed by atoms with E-state index >= 15 is 0 Å². The van der Waals surface area contributed by atoms with Gasteiger partial charge in [0.2, 0.25) is 0 Å². The summed E-state index contributed by atoms with van der Waals surface area (Å²) in [7, 11) is 0. The van der Waals surface area contributed by atoms with Crippen LogP contribution in [0.5, 0.6) is 0 Å². The van der Waals surface area contributed by atoms with Gasteiger partial charge in [-0.25, -0.2) is 4.98 Å². The highest BCUT2D eigenvalue weighted by Gasteiger charge is 2.05. The van der Waals surface area contributed by atoms with E-state index in [4.69, 9.17) is 5.11 Å². The molecule has 1 N–H and O–H groups in total. The smallest absolute Gasteiger partial charge is 0.309 e. The molecule has 0 spiro atoms. The summed E-state index contributed by atoms with van der Waals surface area (Å²) in [4.78, 5) is 14.5. The molecule has 0 saturated carbocycles. The molecule has 0 aliphatic heterocycles. The molecule has 0 aliphatic rings. The molecule has 0 fully saturated rings. The summed E-state index contributed by atoms with van der Waals surface area (Å²) >= 11 is 3.38. The summed E-state index contributed by atoms with van der Waals surface area (Å²) in [6, 6.07) is 7.71. The van der Waals surface area contributed by atoms with Crippen molar-refractivity contribution in [2.24, 2.45) is 0 Å². The molecule has 2 rings (SSSR count). The first kappa shape index (κ1) is 10.9. The van der Waals surface area contributed by atoms with Crippen LogP contribution in [0.15, 0.2) is 41.3 Å². The Bertz CT molecular complexity index is 522. The zero-order valence-corrected chi connectivity index (χ0v) is 9.89. The predicted molar refractivity (Wildman–Crippen MR) is 62.6 cm³/mol. The highest BCUT2D eigenvalue weighted by atomic mass is 79.9. The predicted octanol–water partition coefficient (Wildman–Crippen LogP) is 2.26. The molecule has 0 bridgehead atoms. The number of nitrogens with zero attached hydrogens (tertiary/aromatic N) is 2. The maximum atomic E-state index is 10.5. The number of carbonyl (C=O) groups is 1. The number of aromatic nitrogens is 2. The van der Waals surface area contributed by atoms with Crippen LogP contribution < -0.4 is 0 Å². The zero-order chi connectivity index (χ0) is 11.5. The second-order valence-electron chi connectivity index (χ2n) is 3.32. The van der Waals surface area contributed by atoms with E-state index in [0.717, 1.165) is 10.2 Å². The molecule has 0 aliphatic carbocycles. The van der Waals surface area contributed by atoms with Gasteiger partial charge in [-0.15, -0.1) is 0 Å². The first-order chi connectivity index (χ1) is 7.65. The lowest BCUT2D eigenvalue weighted by Crippen LogP contribution is -1.99. The Balaban J connectivity index is 2.28. The van der Waals surface area contributed by atoms with Crippen LogP contribution in [-0.2, 0) is 11.2 Å². The molecule has 0 unspecified atom stereocenters. The number of aliphatic carboxylic acids is 1. The first-order valence-electron chi connectivity index (χ1n) is 4.66. The van der Waals surface area contributed by atoms with Gasteiger partial charge >= 0.3 is 5.97 Å². The van der Waals surface area contributed by atoms with Crippen LogP contribution in [0.3, 0.4) is 0 Å². The molecule has 1 aromatic carbocycles. The highest BCUT2D eigenvalue weighted by molar-refractivity contribution is 9.10. The Kier molecular flexibility index (Phi) is 3.05. The third-order valence-electron chi connectivity index (χ3n) is 2.07. The number of hydrogen-bond acceptors (Lipinski definition) is 2. The van der Waals surface area contributed by atoms with Crippen molar-refractivity contribution in [3.8, 4) is 5.69 Å². The minimum Gasteiger partial charge on any atom is -0.481 e. The SMILES string of the molecule is O=C(O)Cc1cn(-c2cccc(Br)c2)cn1. The Hall–Kier alpha value is -1.62. The number of carboxylic acid groups (broad SMARTS) is 1. The van der Waals surface area contributed by atoms with Crippen LogP contribution in [0.2, 0.25) is 0 Å². The van der Waals surface area contributed by atoms with Gasteiger partial charge in [0.25, 0.3) is 0 Å². The second-order valence-corrected chi connectivity index (χ2v) is 4.24. The Morgan fingerprint density at radius 3 is 3.00 bits per heavy atom. The van der Waals surface area contributed by atoms with Crippen molar-refractivity contribution in [1.82, 2.24) is 9.55 Å². The van der Waals surface area contributed by atoms with Gasteiger partial charge in [0.15, 0.2) is 0 Å². The van der Waals surface area contributed by atoms with Gasteiger partial charge in [-0.1, -0.05) is 22.0 Å². The summed E-state index contributed by atoms with van der Waals surface area (Å²) in [6.07, 6.45) is 3.27. The van der Waals surface area contributed by atoms with Crippen molar-refractivity contribution in [2.45, 2.75) is 6.42 Å². The quantitative estimate of drug-likeness (QED) is 0.938. The molecule has 1 aromatic heterocycles. The standard InChI is InChI=1S/C11H9BrN2O2/c12-8-2-1-3-10(4-8)14-6-9(13-7-14)5-11(15)16/h1-4,6-7H,5H2,(H,15,16). The topological polar surface area (TPSA) is 55.1 Å². The average molecular weight is 281 g/mol.